The summed E-state index contributed by atoms with van der Waals surface area (Å²) in [7, 11) is 0. The maximum Gasteiger partial charge on any atom is 0.160 e. The highest BCUT2D eigenvalue weighted by Gasteiger charge is 2.17. The lowest BCUT2D eigenvalue weighted by atomic mass is 9.99. The van der Waals surface area contributed by atoms with E-state index in [0.29, 0.717) is 5.82 Å². The van der Waals surface area contributed by atoms with Gasteiger partial charge in [-0.05, 0) is 63.0 Å². The smallest absolute Gasteiger partial charge is 0.160 e. The lowest BCUT2D eigenvalue weighted by Crippen LogP contribution is -1.96. The summed E-state index contributed by atoms with van der Waals surface area (Å²) in [5.74, 6) is 0.681. The molecule has 4 heteroatoms. The second-order valence-electron chi connectivity index (χ2n) is 13.3. The van der Waals surface area contributed by atoms with E-state index in [-0.39, 0.29) is 0 Å². The van der Waals surface area contributed by atoms with Crippen LogP contribution in [0.25, 0.3) is 94.7 Å². The van der Waals surface area contributed by atoms with Gasteiger partial charge >= 0.3 is 0 Å². The van der Waals surface area contributed by atoms with Gasteiger partial charge in [-0.2, -0.15) is 0 Å². The molecule has 0 unspecified atom stereocenters. The number of nitrogens with zero attached hydrogens (tertiary/aromatic N) is 4. The molecule has 4 nitrogen and oxygen atoms in total. The van der Waals surface area contributed by atoms with E-state index in [1.165, 1.54) is 32.7 Å². The Labute approximate surface area is 307 Å². The minimum Gasteiger partial charge on any atom is -0.299 e. The molecule has 10 rings (SSSR count). The molecule has 0 N–H and O–H groups in total. The molecule has 3 heterocycles. The van der Waals surface area contributed by atoms with Crippen molar-refractivity contribution in [2.75, 3.05) is 0 Å². The summed E-state index contributed by atoms with van der Waals surface area (Å²) in [6, 6.07) is 65.9. The molecule has 0 radical (unpaired) electrons. The Morgan fingerprint density at radius 3 is 1.45 bits per heavy atom. The monoisotopic (exact) mass is 676 g/mol. The molecular formula is C49H32N4. The fraction of sp³-hybridized carbons (Fsp3) is 0. The summed E-state index contributed by atoms with van der Waals surface area (Å²) in [6.07, 6.45) is 2.08. The zero-order valence-electron chi connectivity index (χ0n) is 28.8. The number of benzene rings is 7. The van der Waals surface area contributed by atoms with Gasteiger partial charge in [-0.1, -0.05) is 158 Å². The number of aromatic nitrogens is 4. The van der Waals surface area contributed by atoms with Crippen LogP contribution in [0.15, 0.2) is 194 Å². The van der Waals surface area contributed by atoms with Gasteiger partial charge in [0.2, 0.25) is 0 Å². The molecule has 10 aromatic rings. The van der Waals surface area contributed by atoms with Crippen molar-refractivity contribution in [3.8, 4) is 67.5 Å². The standard InChI is InChI=1S/C49H32N4/c1-2-10-33(11-3-1)36-17-21-37(22-18-36)47-48(53-29-9-8-16-46(53)52-47)38-23-25-39(26-24-38)49-50-44(42-27-19-34-12-4-6-14-40(34)30-42)32-45(51-49)43-28-20-35-13-5-7-15-41(35)31-43/h1-32H. The molecule has 0 fully saturated rings. The van der Waals surface area contributed by atoms with Crippen LogP contribution in [0.3, 0.4) is 0 Å². The molecule has 3 aromatic heterocycles. The highest BCUT2D eigenvalue weighted by Crippen LogP contribution is 2.36. The Balaban J connectivity index is 1.08. The van der Waals surface area contributed by atoms with Crippen molar-refractivity contribution in [3.63, 3.8) is 0 Å². The van der Waals surface area contributed by atoms with Crippen molar-refractivity contribution < 1.29 is 0 Å². The maximum atomic E-state index is 5.18. The molecule has 0 aliphatic heterocycles. The van der Waals surface area contributed by atoms with E-state index >= 15 is 0 Å². The van der Waals surface area contributed by atoms with Gasteiger partial charge in [-0.25, -0.2) is 15.0 Å². The third kappa shape index (κ3) is 5.73. The summed E-state index contributed by atoms with van der Waals surface area (Å²) in [5, 5.41) is 4.77. The van der Waals surface area contributed by atoms with Crippen LogP contribution in [0.2, 0.25) is 0 Å². The predicted molar refractivity (Wildman–Crippen MR) is 218 cm³/mol. The van der Waals surface area contributed by atoms with Crippen molar-refractivity contribution >= 4 is 27.2 Å². The Kier molecular flexibility index (Phi) is 7.43. The molecule has 0 bridgehead atoms. The molecule has 7 aromatic carbocycles. The molecular weight excluding hydrogens is 645 g/mol. The maximum absolute atomic E-state index is 5.18. The molecule has 0 aliphatic carbocycles. The lowest BCUT2D eigenvalue weighted by molar-refractivity contribution is 1.18. The van der Waals surface area contributed by atoms with Gasteiger partial charge in [0, 0.05) is 34.0 Å². The average Bonchev–Trinajstić information content (AvgIpc) is 3.63. The highest BCUT2D eigenvalue weighted by molar-refractivity contribution is 5.90. The van der Waals surface area contributed by atoms with Crippen molar-refractivity contribution in [1.82, 2.24) is 19.4 Å². The van der Waals surface area contributed by atoms with Crippen LogP contribution in [0, 0.1) is 0 Å². The molecule has 53 heavy (non-hydrogen) atoms. The van der Waals surface area contributed by atoms with E-state index in [2.05, 4.69) is 187 Å². The summed E-state index contributed by atoms with van der Waals surface area (Å²) in [5.41, 5.74) is 12.2. The molecule has 0 atom stereocenters. The Hall–Kier alpha value is -7.17. The van der Waals surface area contributed by atoms with Gasteiger partial charge in [-0.3, -0.25) is 4.40 Å². The number of hydrogen-bond acceptors (Lipinski definition) is 3. The first-order valence-corrected chi connectivity index (χ1v) is 17.8. The van der Waals surface area contributed by atoms with Crippen LogP contribution >= 0.6 is 0 Å². The Morgan fingerprint density at radius 1 is 0.321 bits per heavy atom. The quantitative estimate of drug-likeness (QED) is 0.176. The minimum atomic E-state index is 0.681. The van der Waals surface area contributed by atoms with E-state index < -0.39 is 0 Å². The number of imidazole rings is 1. The van der Waals surface area contributed by atoms with Crippen LogP contribution in [0.5, 0.6) is 0 Å². The summed E-state index contributed by atoms with van der Waals surface area (Å²) in [4.78, 5) is 15.5. The predicted octanol–water partition coefficient (Wildman–Crippen LogP) is 12.4. The van der Waals surface area contributed by atoms with Gasteiger partial charge in [0.05, 0.1) is 22.8 Å². The number of hydrogen-bond donors (Lipinski definition) is 0. The van der Waals surface area contributed by atoms with E-state index in [1.54, 1.807) is 0 Å². The van der Waals surface area contributed by atoms with E-state index in [9.17, 15) is 0 Å². The number of fused-ring (bicyclic) bond motifs is 3. The third-order valence-corrected chi connectivity index (χ3v) is 10.0. The van der Waals surface area contributed by atoms with E-state index in [0.717, 1.165) is 56.2 Å². The zero-order valence-corrected chi connectivity index (χ0v) is 28.8. The topological polar surface area (TPSA) is 43.1 Å². The van der Waals surface area contributed by atoms with E-state index in [4.69, 9.17) is 15.0 Å². The van der Waals surface area contributed by atoms with Gasteiger partial charge in [0.25, 0.3) is 0 Å². The lowest BCUT2D eigenvalue weighted by Gasteiger charge is -2.12. The molecule has 248 valence electrons. The normalized spacial score (nSPS) is 11.4. The Bertz CT molecular complexity index is 2830. The molecule has 0 spiro atoms. The average molecular weight is 677 g/mol. The molecule has 0 saturated heterocycles. The molecule has 0 amide bonds. The summed E-state index contributed by atoms with van der Waals surface area (Å²) >= 11 is 0. The highest BCUT2D eigenvalue weighted by atomic mass is 15.0. The van der Waals surface area contributed by atoms with Gasteiger partial charge in [0.1, 0.15) is 5.65 Å². The summed E-state index contributed by atoms with van der Waals surface area (Å²) < 4.78 is 2.17. The first kappa shape index (κ1) is 30.6. The minimum absolute atomic E-state index is 0.681. The number of pyridine rings is 1. The fourth-order valence-corrected chi connectivity index (χ4v) is 7.27. The van der Waals surface area contributed by atoms with Crippen LogP contribution in [-0.4, -0.2) is 19.4 Å². The van der Waals surface area contributed by atoms with Gasteiger partial charge in [-0.15, -0.1) is 0 Å². The van der Waals surface area contributed by atoms with Crippen molar-refractivity contribution in [2.45, 2.75) is 0 Å². The zero-order chi connectivity index (χ0) is 35.1. The first-order valence-electron chi connectivity index (χ1n) is 17.8. The fourth-order valence-electron chi connectivity index (χ4n) is 7.27. The van der Waals surface area contributed by atoms with Gasteiger partial charge < -0.3 is 0 Å². The Morgan fingerprint density at radius 2 is 0.811 bits per heavy atom. The van der Waals surface area contributed by atoms with Crippen molar-refractivity contribution in [2.24, 2.45) is 0 Å². The van der Waals surface area contributed by atoms with Crippen LogP contribution in [0.1, 0.15) is 0 Å². The van der Waals surface area contributed by atoms with Crippen molar-refractivity contribution in [1.29, 1.82) is 0 Å². The van der Waals surface area contributed by atoms with Crippen LogP contribution < -0.4 is 0 Å². The van der Waals surface area contributed by atoms with Crippen LogP contribution in [0.4, 0.5) is 0 Å². The first-order chi connectivity index (χ1) is 26.2. The van der Waals surface area contributed by atoms with Gasteiger partial charge in [0.15, 0.2) is 5.82 Å². The second-order valence-corrected chi connectivity index (χ2v) is 13.3. The largest absolute Gasteiger partial charge is 0.299 e. The van der Waals surface area contributed by atoms with Crippen LogP contribution in [-0.2, 0) is 0 Å². The molecule has 0 aliphatic rings. The third-order valence-electron chi connectivity index (χ3n) is 10.0. The van der Waals surface area contributed by atoms with E-state index in [1.807, 2.05) is 12.1 Å². The second kappa shape index (κ2) is 12.9. The SMILES string of the molecule is c1ccc(-c2ccc(-c3nc4ccccn4c3-c3ccc(-c4nc(-c5ccc6ccccc6c5)cc(-c5ccc6ccccc6c5)n4)cc3)cc2)cc1. The summed E-state index contributed by atoms with van der Waals surface area (Å²) in [6.45, 7) is 0. The molecule has 0 saturated carbocycles. The van der Waals surface area contributed by atoms with Crippen molar-refractivity contribution in [3.05, 3.63) is 194 Å². The number of rotatable bonds is 6.